The van der Waals surface area contributed by atoms with Gasteiger partial charge >= 0.3 is 30.2 Å². The van der Waals surface area contributed by atoms with Gasteiger partial charge in [-0.3, -0.25) is 38.5 Å². The summed E-state index contributed by atoms with van der Waals surface area (Å²) in [6, 6.07) is 2.58. The Bertz CT molecular complexity index is 2860. The number of aliphatic hydroxyl groups is 3. The minimum atomic E-state index is -1.26. The van der Waals surface area contributed by atoms with Crippen molar-refractivity contribution in [2.75, 3.05) is 45.2 Å². The van der Waals surface area contributed by atoms with Crippen molar-refractivity contribution in [2.45, 2.75) is 211 Å². The number of carboxylic acids is 1. The van der Waals surface area contributed by atoms with E-state index in [4.69, 9.17) is 29.4 Å². The van der Waals surface area contributed by atoms with E-state index in [-0.39, 0.29) is 127 Å². The third-order valence-electron chi connectivity index (χ3n) is 17.3. The van der Waals surface area contributed by atoms with E-state index in [0.717, 1.165) is 4.90 Å². The molecule has 2 fully saturated rings. The lowest BCUT2D eigenvalue weighted by Crippen LogP contribution is -2.57. The summed E-state index contributed by atoms with van der Waals surface area (Å²) >= 11 is 0. The zero-order valence-electron chi connectivity index (χ0n) is 55.0. The van der Waals surface area contributed by atoms with Crippen LogP contribution in [0.15, 0.2) is 72.4 Å². The van der Waals surface area contributed by atoms with Crippen LogP contribution in [0.1, 0.15) is 144 Å². The van der Waals surface area contributed by atoms with Crippen molar-refractivity contribution < 1.29 is 92.1 Å². The molecule has 0 aliphatic carbocycles. The molecule has 1 aromatic carbocycles. The molecule has 27 nitrogen and oxygen atoms in total. The molecule has 13 atom stereocenters. The zero-order valence-corrected chi connectivity index (χ0v) is 55.0. The molecule has 5 rings (SSSR count). The minimum absolute atomic E-state index is 0.0243. The van der Waals surface area contributed by atoms with Gasteiger partial charge in [-0.2, -0.15) is 0 Å². The Morgan fingerprint density at radius 3 is 2.28 bits per heavy atom. The van der Waals surface area contributed by atoms with Crippen LogP contribution in [-0.4, -0.2) is 201 Å². The number of benzene rings is 1. The third-order valence-corrected chi connectivity index (χ3v) is 17.3. The van der Waals surface area contributed by atoms with E-state index in [1.807, 2.05) is 20.8 Å². The highest BCUT2D eigenvalue weighted by Crippen LogP contribution is 2.38. The van der Waals surface area contributed by atoms with Gasteiger partial charge < -0.3 is 80.9 Å². The molecular formula is C66H98N8O19. The first-order valence-electron chi connectivity index (χ1n) is 32.1. The maximum absolute atomic E-state index is 14.3. The molecule has 0 spiro atoms. The number of esters is 1. The number of nitrogens with one attached hydrogen (secondary N) is 4. The molecule has 27 heteroatoms. The molecule has 0 radical (unpaired) electrons. The van der Waals surface area contributed by atoms with Crippen LogP contribution in [0.5, 0.6) is 0 Å². The lowest BCUT2D eigenvalue weighted by Gasteiger charge is -2.41. The number of allylic oxidation sites excluding steroid dienone is 2. The topological polar surface area (TPSA) is 385 Å². The molecule has 1 aromatic rings. The number of rotatable bonds is 31. The monoisotopic (exact) mass is 1310 g/mol. The second-order valence-corrected chi connectivity index (χ2v) is 25.4. The number of unbranched alkanes of at least 4 members (excludes halogenated alkanes) is 2. The Kier molecular flexibility index (Phi) is 29.5. The van der Waals surface area contributed by atoms with E-state index in [9.17, 15) is 68.4 Å². The Morgan fingerprint density at radius 2 is 1.63 bits per heavy atom. The Hall–Kier alpha value is -7.72. The molecule has 516 valence electrons. The number of ether oxygens (including phenoxy) is 5. The van der Waals surface area contributed by atoms with E-state index >= 15 is 0 Å². The lowest BCUT2D eigenvalue weighted by atomic mass is 9.88. The average Bonchev–Trinajstić information content (AvgIpc) is 1.74. The number of hydrogen-bond donors (Lipinski definition) is 9. The summed E-state index contributed by atoms with van der Waals surface area (Å²) in [5.41, 5.74) is 4.19. The summed E-state index contributed by atoms with van der Waals surface area (Å²) in [7, 11) is 1.44. The fourth-order valence-electron chi connectivity index (χ4n) is 11.3. The summed E-state index contributed by atoms with van der Waals surface area (Å²) in [5, 5.41) is 53.0. The van der Waals surface area contributed by atoms with Gasteiger partial charge in [-0.15, -0.1) is 0 Å². The maximum atomic E-state index is 14.3. The second kappa shape index (κ2) is 36.1. The summed E-state index contributed by atoms with van der Waals surface area (Å²) in [4.78, 5) is 133. The van der Waals surface area contributed by atoms with Gasteiger partial charge in [-0.05, 0) is 107 Å². The molecule has 0 aromatic heterocycles. The number of carbonyl (C=O) groups excluding carboxylic acids is 9. The summed E-state index contributed by atoms with van der Waals surface area (Å²) in [5.74, 6) is -5.13. The van der Waals surface area contributed by atoms with Crippen molar-refractivity contribution in [3.8, 4) is 0 Å². The number of urea groups is 1. The van der Waals surface area contributed by atoms with Crippen LogP contribution < -0.4 is 27.0 Å². The standard InChI is InChI=1S/C66H98N8O19/c1-10-49(76)43(6)59-50(91-59)37-65(7,88)30-14-16-41(4)58-42(5)19-25-51(66(8,89-9)31-29-47(75)36-56(82)93-58)92-63(86)72-34-35-73(46(38-72)24-28-55(80)81)64(87)90-39-44-20-22-45(23-21-44)69-60(83)48(17-15-32-68-62(67)85)70-61(84)57(40(2)3)71-52(77)18-12-11-13-33-74-53(78)26-27-54(74)79/h14,16,19-23,25-27,30,40,42-43,46-51,57-59,75-76,88H,10-13,15,17-18,24,28-29,31-39H2,1-9H3,(H,69,83)(H,70,84)(H,71,77)(H,80,81)(H3,67,68,85)/b25-19-,30-14+,41-16+/t42-,43+,46-,47+,48-,49-,50+,51-,57-,58+,59+,65-,66+/m0/s1. The molecule has 4 aliphatic heterocycles. The summed E-state index contributed by atoms with van der Waals surface area (Å²) in [6.45, 7) is 14.1. The SMILES string of the molecule is CC[C@H](O)[C@@H](C)[C@H]1O[C@@H]1C[C@@](C)(O)/C=C/C=C(\C)[C@H]1OC(=O)C[C@H](O)CC[C@@](C)(OC)[C@@H](OC(=O)N2CCN(C(=O)OCc3ccc(NC(=O)[C@H](CCCNC(N)=O)NC(=O)[C@@H](NC(=O)CCCCCN4C(=O)C=CC4=O)C(C)C)cc3)[C@@H](CCC(=O)O)C2)/C=C\[C@@H]1C. The highest BCUT2D eigenvalue weighted by Gasteiger charge is 2.47. The summed E-state index contributed by atoms with van der Waals surface area (Å²) in [6.07, 6.45) is 7.59. The highest BCUT2D eigenvalue weighted by atomic mass is 16.6. The van der Waals surface area contributed by atoms with Crippen LogP contribution in [0, 0.1) is 17.8 Å². The number of anilines is 1. The number of methoxy groups -OCH3 is 1. The minimum Gasteiger partial charge on any atom is -0.481 e. The number of hydrogen-bond acceptors (Lipinski definition) is 18. The van der Waals surface area contributed by atoms with Crippen molar-refractivity contribution in [3.63, 3.8) is 0 Å². The Morgan fingerprint density at radius 1 is 0.935 bits per heavy atom. The smallest absolute Gasteiger partial charge is 0.410 e. The van der Waals surface area contributed by atoms with E-state index in [0.29, 0.717) is 48.9 Å². The first-order chi connectivity index (χ1) is 43.9. The van der Waals surface area contributed by atoms with Crippen LogP contribution in [0.3, 0.4) is 0 Å². The van der Waals surface area contributed by atoms with E-state index in [2.05, 4.69) is 21.3 Å². The molecule has 93 heavy (non-hydrogen) atoms. The number of primary amides is 1. The van der Waals surface area contributed by atoms with Crippen molar-refractivity contribution in [1.82, 2.24) is 30.7 Å². The number of aliphatic carboxylic acids is 1. The van der Waals surface area contributed by atoms with Crippen LogP contribution in [0.25, 0.3) is 0 Å². The molecule has 0 bridgehead atoms. The number of imide groups is 1. The molecule has 4 heterocycles. The Balaban J connectivity index is 1.20. The molecule has 4 aliphatic rings. The Labute approximate surface area is 544 Å². The van der Waals surface area contributed by atoms with E-state index in [1.165, 1.54) is 29.1 Å². The largest absolute Gasteiger partial charge is 0.481 e. The van der Waals surface area contributed by atoms with Gasteiger partial charge in [0.25, 0.3) is 11.8 Å². The fraction of sp³-hybridized carbons (Fsp3) is 0.636. The highest BCUT2D eigenvalue weighted by molar-refractivity contribution is 6.12. The number of cyclic esters (lactones) is 1. The predicted octanol–water partition coefficient (Wildman–Crippen LogP) is 5.05. The van der Waals surface area contributed by atoms with Crippen LogP contribution >= 0.6 is 0 Å². The number of aliphatic hydroxyl groups excluding tert-OH is 2. The number of nitrogens with two attached hydrogens (primary N) is 1. The summed E-state index contributed by atoms with van der Waals surface area (Å²) < 4.78 is 29.7. The molecule has 9 amide bonds. The van der Waals surface area contributed by atoms with Crippen LogP contribution in [0.4, 0.5) is 20.1 Å². The fourth-order valence-corrected chi connectivity index (χ4v) is 11.3. The average molecular weight is 1310 g/mol. The van der Waals surface area contributed by atoms with Crippen molar-refractivity contribution in [3.05, 3.63) is 77.9 Å². The number of carboxylic acid groups (broad SMARTS) is 1. The quantitative estimate of drug-likeness (QED) is 0.00893. The van der Waals surface area contributed by atoms with Gasteiger partial charge in [0.1, 0.15) is 30.4 Å². The molecule has 10 N–H and O–H groups in total. The van der Waals surface area contributed by atoms with Gasteiger partial charge in [-0.1, -0.05) is 77.5 Å². The molecule has 0 unspecified atom stereocenters. The van der Waals surface area contributed by atoms with Gasteiger partial charge in [0.15, 0.2) is 6.10 Å². The number of carbonyl (C=O) groups is 10. The molecular weight excluding hydrogens is 1210 g/mol. The first-order valence-corrected chi connectivity index (χ1v) is 32.1. The van der Waals surface area contributed by atoms with E-state index < -0.39 is 108 Å². The van der Waals surface area contributed by atoms with Gasteiger partial charge in [0, 0.05) is 88.8 Å². The second-order valence-electron chi connectivity index (χ2n) is 25.4. The normalized spacial score (nSPS) is 25.1. The number of epoxide rings is 1. The zero-order chi connectivity index (χ0) is 68.7. The van der Waals surface area contributed by atoms with Gasteiger partial charge in [0.05, 0.1) is 42.5 Å². The van der Waals surface area contributed by atoms with Crippen LogP contribution in [-0.2, 0) is 63.9 Å². The number of piperazine rings is 1. The molecule has 2 saturated heterocycles. The van der Waals surface area contributed by atoms with Crippen molar-refractivity contribution in [1.29, 1.82) is 0 Å². The third kappa shape index (κ3) is 24.3. The van der Waals surface area contributed by atoms with Crippen molar-refractivity contribution in [2.24, 2.45) is 23.5 Å². The first kappa shape index (κ1) is 76.0. The van der Waals surface area contributed by atoms with Crippen molar-refractivity contribution >= 4 is 65.4 Å². The predicted molar refractivity (Wildman–Crippen MR) is 340 cm³/mol. The van der Waals surface area contributed by atoms with E-state index in [1.54, 1.807) is 89.3 Å². The number of nitrogens with zero attached hydrogens (tertiary/aromatic N) is 3. The van der Waals surface area contributed by atoms with Gasteiger partial charge in [0.2, 0.25) is 17.7 Å². The van der Waals surface area contributed by atoms with Gasteiger partial charge in [-0.25, -0.2) is 14.4 Å². The van der Waals surface area contributed by atoms with Crippen LogP contribution in [0.2, 0.25) is 0 Å². The maximum Gasteiger partial charge on any atom is 0.410 e. The lowest BCUT2D eigenvalue weighted by molar-refractivity contribution is -0.152. The molecule has 0 saturated carbocycles. The number of amides is 9.